The summed E-state index contributed by atoms with van der Waals surface area (Å²) in [5, 5.41) is 6.53. The first-order valence-electron chi connectivity index (χ1n) is 9.59. The van der Waals surface area contributed by atoms with Crippen molar-refractivity contribution in [3.63, 3.8) is 0 Å². The van der Waals surface area contributed by atoms with Crippen LogP contribution in [0.5, 0.6) is 11.5 Å². The summed E-state index contributed by atoms with van der Waals surface area (Å²) in [6.07, 6.45) is 1.41. The maximum absolute atomic E-state index is 12.3. The fraction of sp³-hybridized carbons (Fsp3) is 0.273. The molecule has 164 valence electrons. The Balaban J connectivity index is 1.85. The predicted molar refractivity (Wildman–Crippen MR) is 115 cm³/mol. The summed E-state index contributed by atoms with van der Waals surface area (Å²) < 4.78 is 15.2. The molecule has 0 saturated carbocycles. The number of hydrazone groups is 1. The molecule has 1 unspecified atom stereocenters. The minimum atomic E-state index is -0.960. The van der Waals surface area contributed by atoms with Crippen LogP contribution in [-0.4, -0.2) is 44.3 Å². The fourth-order valence-corrected chi connectivity index (χ4v) is 2.34. The van der Waals surface area contributed by atoms with E-state index in [0.29, 0.717) is 22.7 Å². The highest BCUT2D eigenvalue weighted by molar-refractivity contribution is 6.06. The number of nitrogens with one attached hydrogen (secondary N) is 2. The van der Waals surface area contributed by atoms with Crippen molar-refractivity contribution in [2.75, 3.05) is 25.6 Å². The summed E-state index contributed by atoms with van der Waals surface area (Å²) in [5.41, 5.74) is 3.52. The van der Waals surface area contributed by atoms with Gasteiger partial charge < -0.3 is 19.5 Å². The number of benzene rings is 2. The Morgan fingerprint density at radius 2 is 1.81 bits per heavy atom. The van der Waals surface area contributed by atoms with E-state index in [4.69, 9.17) is 14.2 Å². The van der Waals surface area contributed by atoms with Crippen molar-refractivity contribution in [1.29, 1.82) is 0 Å². The minimum Gasteiger partial charge on any atom is -0.497 e. The highest BCUT2D eigenvalue weighted by Gasteiger charge is 2.21. The van der Waals surface area contributed by atoms with Crippen LogP contribution >= 0.6 is 0 Å². The van der Waals surface area contributed by atoms with Gasteiger partial charge in [0.15, 0.2) is 6.61 Å². The van der Waals surface area contributed by atoms with Crippen LogP contribution in [0, 0.1) is 5.92 Å². The van der Waals surface area contributed by atoms with E-state index in [2.05, 4.69) is 15.8 Å². The van der Waals surface area contributed by atoms with Gasteiger partial charge in [0.1, 0.15) is 17.4 Å². The van der Waals surface area contributed by atoms with Crippen LogP contribution < -0.4 is 20.2 Å². The van der Waals surface area contributed by atoms with E-state index in [9.17, 15) is 14.4 Å². The lowest BCUT2D eigenvalue weighted by Gasteiger charge is -2.11. The Morgan fingerprint density at radius 3 is 2.48 bits per heavy atom. The van der Waals surface area contributed by atoms with Gasteiger partial charge in [0, 0.05) is 5.69 Å². The van der Waals surface area contributed by atoms with Crippen molar-refractivity contribution in [1.82, 2.24) is 5.43 Å². The van der Waals surface area contributed by atoms with Gasteiger partial charge in [-0.05, 0) is 55.8 Å². The number of ether oxygens (including phenoxy) is 3. The average molecular weight is 427 g/mol. The molecular formula is C22H25N3O6. The number of methoxy groups -OCH3 is 1. The van der Waals surface area contributed by atoms with E-state index in [1.165, 1.54) is 13.1 Å². The molecule has 2 rings (SSSR count). The number of nitrogens with zero attached hydrogens (tertiary/aromatic N) is 1. The summed E-state index contributed by atoms with van der Waals surface area (Å²) in [6, 6.07) is 13.5. The fourth-order valence-electron chi connectivity index (χ4n) is 2.34. The van der Waals surface area contributed by atoms with E-state index >= 15 is 0 Å². The summed E-state index contributed by atoms with van der Waals surface area (Å²) in [5.74, 6) is -1.33. The third-order valence-electron chi connectivity index (χ3n) is 4.05. The van der Waals surface area contributed by atoms with E-state index < -0.39 is 23.7 Å². The van der Waals surface area contributed by atoms with Crippen molar-refractivity contribution in [2.24, 2.45) is 11.0 Å². The zero-order valence-corrected chi connectivity index (χ0v) is 17.6. The Labute approximate surface area is 180 Å². The molecule has 0 aromatic heterocycles. The van der Waals surface area contributed by atoms with Gasteiger partial charge in [0.05, 0.1) is 19.9 Å². The molecule has 1 atom stereocenters. The third-order valence-corrected chi connectivity index (χ3v) is 4.05. The van der Waals surface area contributed by atoms with Crippen LogP contribution in [0.1, 0.15) is 19.4 Å². The molecule has 0 aliphatic rings. The lowest BCUT2D eigenvalue weighted by Crippen LogP contribution is -2.34. The number of carbonyl (C=O) groups is 3. The summed E-state index contributed by atoms with van der Waals surface area (Å²) in [6.45, 7) is 3.28. The van der Waals surface area contributed by atoms with E-state index in [1.807, 2.05) is 0 Å². The van der Waals surface area contributed by atoms with Crippen molar-refractivity contribution in [2.45, 2.75) is 13.8 Å². The molecule has 0 fully saturated rings. The van der Waals surface area contributed by atoms with Gasteiger partial charge in [-0.1, -0.05) is 12.1 Å². The molecule has 0 bridgehead atoms. The van der Waals surface area contributed by atoms with Gasteiger partial charge in [-0.25, -0.2) is 10.2 Å². The van der Waals surface area contributed by atoms with E-state index in [1.54, 1.807) is 62.6 Å². The Bertz CT molecular complexity index is 927. The van der Waals surface area contributed by atoms with Gasteiger partial charge in [0.2, 0.25) is 5.91 Å². The summed E-state index contributed by atoms with van der Waals surface area (Å²) >= 11 is 0. The topological polar surface area (TPSA) is 115 Å². The second-order valence-electron chi connectivity index (χ2n) is 6.34. The zero-order chi connectivity index (χ0) is 22.6. The summed E-state index contributed by atoms with van der Waals surface area (Å²) in [7, 11) is 1.55. The van der Waals surface area contributed by atoms with Gasteiger partial charge in [0.25, 0.3) is 5.91 Å². The van der Waals surface area contributed by atoms with Gasteiger partial charge >= 0.3 is 5.97 Å². The second kappa shape index (κ2) is 12.0. The average Bonchev–Trinajstić information content (AvgIpc) is 2.78. The number of hydrogen-bond acceptors (Lipinski definition) is 7. The molecule has 0 heterocycles. The highest BCUT2D eigenvalue weighted by atomic mass is 16.6. The smallest absolute Gasteiger partial charge is 0.344 e. The molecular weight excluding hydrogens is 402 g/mol. The van der Waals surface area contributed by atoms with Crippen molar-refractivity contribution >= 4 is 29.7 Å². The van der Waals surface area contributed by atoms with Crippen LogP contribution in [-0.2, 0) is 19.1 Å². The van der Waals surface area contributed by atoms with E-state index in [0.717, 1.165) is 0 Å². The van der Waals surface area contributed by atoms with Crippen molar-refractivity contribution in [3.05, 3.63) is 54.1 Å². The molecule has 9 heteroatoms. The first-order chi connectivity index (χ1) is 14.9. The molecule has 2 N–H and O–H groups in total. The molecule has 2 amide bonds. The molecule has 2 aromatic rings. The Hall–Kier alpha value is -3.88. The number of carbonyl (C=O) groups excluding carboxylic acids is 3. The van der Waals surface area contributed by atoms with E-state index in [-0.39, 0.29) is 13.2 Å². The normalized spacial score (nSPS) is 11.5. The maximum Gasteiger partial charge on any atom is 0.344 e. The second-order valence-corrected chi connectivity index (χ2v) is 6.34. The number of amides is 2. The van der Waals surface area contributed by atoms with Crippen molar-refractivity contribution in [3.8, 4) is 11.5 Å². The quantitative estimate of drug-likeness (QED) is 0.260. The van der Waals surface area contributed by atoms with Crippen LogP contribution in [0.15, 0.2) is 53.6 Å². The lowest BCUT2D eigenvalue weighted by atomic mass is 10.1. The minimum absolute atomic E-state index is 0.202. The molecule has 9 nitrogen and oxygen atoms in total. The Morgan fingerprint density at radius 1 is 1.06 bits per heavy atom. The first-order valence-corrected chi connectivity index (χ1v) is 9.59. The molecule has 0 spiro atoms. The van der Waals surface area contributed by atoms with Crippen LogP contribution in [0.25, 0.3) is 0 Å². The van der Waals surface area contributed by atoms with Crippen LogP contribution in [0.2, 0.25) is 0 Å². The number of anilines is 1. The van der Waals surface area contributed by atoms with Crippen molar-refractivity contribution < 1.29 is 28.6 Å². The zero-order valence-electron chi connectivity index (χ0n) is 17.6. The van der Waals surface area contributed by atoms with Gasteiger partial charge in [-0.3, -0.25) is 9.59 Å². The molecule has 0 aliphatic heterocycles. The predicted octanol–water partition coefficient (Wildman–Crippen LogP) is 2.36. The van der Waals surface area contributed by atoms with Crippen LogP contribution in [0.4, 0.5) is 5.69 Å². The number of hydrogen-bond donors (Lipinski definition) is 2. The summed E-state index contributed by atoms with van der Waals surface area (Å²) in [4.78, 5) is 35.8. The highest BCUT2D eigenvalue weighted by Crippen LogP contribution is 2.16. The molecule has 0 aliphatic carbocycles. The molecule has 0 radical (unpaired) electrons. The monoisotopic (exact) mass is 427 g/mol. The van der Waals surface area contributed by atoms with Crippen LogP contribution in [0.3, 0.4) is 0 Å². The number of rotatable bonds is 10. The standard InChI is InChI=1S/C22H25N3O6/c1-4-30-20(26)14-31-19-7-5-6-16(12-19)13-23-25-22(28)15(2)21(27)24-17-8-10-18(29-3)11-9-17/h5-13,15H,4,14H2,1-3H3,(H,24,27)(H,25,28). The lowest BCUT2D eigenvalue weighted by molar-refractivity contribution is -0.145. The van der Waals surface area contributed by atoms with Gasteiger partial charge in [-0.2, -0.15) is 5.10 Å². The first kappa shape index (κ1) is 23.4. The SMILES string of the molecule is CCOC(=O)COc1cccc(C=NNC(=O)C(C)C(=O)Nc2ccc(OC)cc2)c1. The third kappa shape index (κ3) is 7.81. The number of esters is 1. The Kier molecular flexibility index (Phi) is 9.03. The van der Waals surface area contributed by atoms with Gasteiger partial charge in [-0.15, -0.1) is 0 Å². The molecule has 2 aromatic carbocycles. The molecule has 31 heavy (non-hydrogen) atoms. The maximum atomic E-state index is 12.3. The largest absolute Gasteiger partial charge is 0.497 e. The molecule has 0 saturated heterocycles.